The lowest BCUT2D eigenvalue weighted by Gasteiger charge is -2.25. The van der Waals surface area contributed by atoms with E-state index < -0.39 is 0 Å². The van der Waals surface area contributed by atoms with Gasteiger partial charge in [-0.25, -0.2) is 19.9 Å². The minimum absolute atomic E-state index is 0.102. The lowest BCUT2D eigenvalue weighted by atomic mass is 10.0. The second-order valence-corrected chi connectivity index (χ2v) is 28.7. The topological polar surface area (TPSA) is 213 Å². The van der Waals surface area contributed by atoms with E-state index in [1.54, 1.807) is 56.3 Å². The Labute approximate surface area is 713 Å². The molecule has 17 nitrogen and oxygen atoms in total. The molecule has 0 saturated heterocycles. The molecule has 11 heterocycles. The fourth-order valence-corrected chi connectivity index (χ4v) is 13.8. The summed E-state index contributed by atoms with van der Waals surface area (Å²) in [5.41, 5.74) is 22.7. The maximum absolute atomic E-state index is 9.90. The first-order chi connectivity index (χ1) is 60.1. The first-order valence-electron chi connectivity index (χ1n) is 41.1. The Kier molecular flexibility index (Phi) is 29.2. The summed E-state index contributed by atoms with van der Waals surface area (Å²) >= 11 is 0. The molecule has 0 atom stereocenters. The lowest BCUT2D eigenvalue weighted by Crippen LogP contribution is -2.25. The van der Waals surface area contributed by atoms with Crippen LogP contribution in [0.4, 0.5) is 5.69 Å². The molecular weight excluding hydrogens is 1510 g/mol. The highest BCUT2D eigenvalue weighted by molar-refractivity contribution is 5.81. The molecule has 2 N–H and O–H groups in total. The highest BCUT2D eigenvalue weighted by Gasteiger charge is 2.18. The molecule has 0 aliphatic carbocycles. The number of aromatic nitrogens is 11. The van der Waals surface area contributed by atoms with Crippen molar-refractivity contribution in [2.75, 3.05) is 32.2 Å². The van der Waals surface area contributed by atoms with E-state index in [0.717, 1.165) is 155 Å². The minimum atomic E-state index is 0.102. The first kappa shape index (κ1) is 83.3. The number of pyridine rings is 11. The molecule has 0 fully saturated rings. The zero-order valence-corrected chi connectivity index (χ0v) is 68.7. The number of anilines is 1. The Morgan fingerprint density at radius 1 is 0.238 bits per heavy atom. The van der Waals surface area contributed by atoms with Crippen LogP contribution in [0.5, 0.6) is 34.5 Å². The molecule has 11 aromatic heterocycles. The minimum Gasteiger partial charge on any atom is -0.504 e. The molecule has 6 aromatic carbocycles. The normalized spacial score (nSPS) is 10.7. The van der Waals surface area contributed by atoms with E-state index in [1.165, 1.54) is 69.7 Å². The number of nitrogens with zero attached hydrogens (tertiary/aromatic N) is 12. The smallest absolute Gasteiger partial charge is 0.161 e. The van der Waals surface area contributed by atoms with Gasteiger partial charge in [0.15, 0.2) is 23.0 Å². The molecule has 0 bridgehead atoms. The summed E-state index contributed by atoms with van der Waals surface area (Å²) in [5.74, 6) is 2.68. The number of aromatic hydroxyl groups is 2. The number of hydrogen-bond donors (Lipinski definition) is 2. The predicted molar refractivity (Wildman–Crippen MR) is 490 cm³/mol. The van der Waals surface area contributed by atoms with Gasteiger partial charge < -0.3 is 29.3 Å². The van der Waals surface area contributed by atoms with E-state index >= 15 is 0 Å². The van der Waals surface area contributed by atoms with Crippen LogP contribution in [-0.2, 0) is 0 Å². The average Bonchev–Trinajstić information content (AvgIpc) is 0.809. The summed E-state index contributed by atoms with van der Waals surface area (Å²) < 4.78 is 16.4. The zero-order valence-electron chi connectivity index (χ0n) is 68.7. The van der Waals surface area contributed by atoms with E-state index in [2.05, 4.69) is 114 Å². The van der Waals surface area contributed by atoms with Gasteiger partial charge in [-0.15, -0.1) is 0 Å². The Morgan fingerprint density at radius 2 is 0.516 bits per heavy atom. The Bertz CT molecular complexity index is 5680. The lowest BCUT2D eigenvalue weighted by molar-refractivity contribution is 0.373. The van der Waals surface area contributed by atoms with Crippen LogP contribution in [0, 0.1) is 0 Å². The Morgan fingerprint density at radius 3 is 0.828 bits per heavy atom. The number of phenols is 2. The molecule has 17 rings (SSSR count). The van der Waals surface area contributed by atoms with Crippen molar-refractivity contribution in [3.63, 3.8) is 0 Å². The molecule has 604 valence electrons. The zero-order chi connectivity index (χ0) is 83.9. The van der Waals surface area contributed by atoms with Gasteiger partial charge in [0.1, 0.15) is 11.5 Å². The van der Waals surface area contributed by atoms with Crippen LogP contribution in [0.1, 0.15) is 65.2 Å². The van der Waals surface area contributed by atoms with Crippen molar-refractivity contribution < 1.29 is 24.4 Å². The third-order valence-corrected chi connectivity index (χ3v) is 20.2. The van der Waals surface area contributed by atoms with Crippen LogP contribution in [0.2, 0.25) is 0 Å². The molecule has 0 aliphatic heterocycles. The van der Waals surface area contributed by atoms with Crippen molar-refractivity contribution >= 4 is 5.69 Å². The van der Waals surface area contributed by atoms with Gasteiger partial charge in [0.25, 0.3) is 0 Å². The summed E-state index contributed by atoms with van der Waals surface area (Å²) in [4.78, 5) is 53.2. The van der Waals surface area contributed by atoms with E-state index in [0.29, 0.717) is 11.5 Å². The molecule has 0 radical (unpaired) electrons. The molecule has 0 amide bonds. The van der Waals surface area contributed by atoms with E-state index in [9.17, 15) is 10.2 Å². The van der Waals surface area contributed by atoms with Crippen LogP contribution in [0.25, 0.3) is 135 Å². The van der Waals surface area contributed by atoms with Crippen LogP contribution >= 0.6 is 0 Å². The van der Waals surface area contributed by atoms with Gasteiger partial charge in [-0.2, -0.15) is 0 Å². The van der Waals surface area contributed by atoms with E-state index in [-0.39, 0.29) is 11.5 Å². The van der Waals surface area contributed by atoms with Crippen molar-refractivity contribution in [1.29, 1.82) is 0 Å². The number of hydrogen-bond acceptors (Lipinski definition) is 17. The van der Waals surface area contributed by atoms with Crippen LogP contribution in [0.3, 0.4) is 0 Å². The number of methoxy groups -OCH3 is 2. The summed E-state index contributed by atoms with van der Waals surface area (Å²) in [5, 5.41) is 19.8. The van der Waals surface area contributed by atoms with Gasteiger partial charge >= 0.3 is 0 Å². The molecule has 0 aliphatic rings. The van der Waals surface area contributed by atoms with Gasteiger partial charge in [-0.3, -0.25) is 34.9 Å². The maximum Gasteiger partial charge on any atom is 0.161 e. The third-order valence-electron chi connectivity index (χ3n) is 20.2. The van der Waals surface area contributed by atoms with Crippen molar-refractivity contribution in [3.8, 4) is 170 Å². The number of rotatable bonds is 27. The van der Waals surface area contributed by atoms with Gasteiger partial charge in [-0.05, 0) is 251 Å². The largest absolute Gasteiger partial charge is 0.504 e. The molecule has 0 saturated carbocycles. The fraction of sp³-hybridized carbons (Fsp3) is 0.133. The summed E-state index contributed by atoms with van der Waals surface area (Å²) in [6, 6.07) is 105. The van der Waals surface area contributed by atoms with E-state index in [4.69, 9.17) is 34.1 Å². The summed E-state index contributed by atoms with van der Waals surface area (Å²) in [7, 11) is 3.07. The van der Waals surface area contributed by atoms with Crippen molar-refractivity contribution in [3.05, 3.63) is 365 Å². The van der Waals surface area contributed by atoms with Gasteiger partial charge in [0.2, 0.25) is 0 Å². The van der Waals surface area contributed by atoms with Crippen molar-refractivity contribution in [2.45, 2.75) is 65.2 Å². The average molecular weight is 1600 g/mol. The second-order valence-electron chi connectivity index (χ2n) is 28.7. The monoisotopic (exact) mass is 1600 g/mol. The van der Waals surface area contributed by atoms with Gasteiger partial charge in [0, 0.05) is 67.7 Å². The number of ether oxygens (including phenoxy) is 3. The summed E-state index contributed by atoms with van der Waals surface area (Å²) in [6.07, 6.45) is 22.8. The van der Waals surface area contributed by atoms with Crippen LogP contribution in [-0.4, -0.2) is 92.3 Å². The molecule has 17 heteroatoms. The predicted octanol–water partition coefficient (Wildman–Crippen LogP) is 25.3. The quantitative estimate of drug-likeness (QED) is 0.0458. The number of unbranched alkanes of at least 4 members (excludes halogenated alkanes) is 6. The number of benzene rings is 6. The van der Waals surface area contributed by atoms with Gasteiger partial charge in [0.05, 0.1) is 99.6 Å². The molecule has 122 heavy (non-hydrogen) atoms. The molecule has 0 spiro atoms. The standard InChI is InChI=1S/C33H40N4.C27H19N3O.C23H18N2O2.C22H17N3O2/c1-3-5-7-13-23-37(24-14-8-6-4-2)29-19-17-27(18-20-29)28-25-32(30-15-9-11-21-34-30)36-33(26-28)31-16-10-12-22-35-31;1-2-8-22(9-3-1)31-23-14-12-20(13-15-23)21-18-26(24-10-4-6-16-28-24)30-27(19-21)25-11-5-7-17-29-25;1-27-23-15-17(10-11-22(23)26)18-13-20(16-7-3-2-4-8-16)25-21(14-18)19-9-5-6-12-24-19;1-27-22-14-15(8-9-21(22)26)16-12-19(17-6-2-4-10-23-17)25-20(13-16)18-7-3-5-11-24-18/h9-12,15-22,25-26H,3-8,13-14,23-24H2,1-2H3;1-19H;2-15,26H,1H3;2-14,26H,1H3. The Balaban J connectivity index is 0.000000134. The van der Waals surface area contributed by atoms with Crippen LogP contribution in [0.15, 0.2) is 365 Å². The molecule has 17 aromatic rings. The third kappa shape index (κ3) is 22.7. The summed E-state index contributed by atoms with van der Waals surface area (Å²) in [6.45, 7) is 6.82. The SMILES string of the molecule is CCCCCCN(CCCCCC)c1ccc(-c2cc(-c3ccccn3)nc(-c3ccccn3)c2)cc1.COc1cc(-c2cc(-c3ccccc3)nc(-c3ccccn3)c2)ccc1O.COc1cc(-c2cc(-c3ccccn3)nc(-c3ccccn3)c2)ccc1O.c1ccc(Oc2ccc(-c3cc(-c4ccccn4)nc(-c4ccccn4)c3)cc2)cc1. The van der Waals surface area contributed by atoms with Gasteiger partial charge in [-0.1, -0.05) is 180 Å². The first-order valence-corrected chi connectivity index (χ1v) is 41.1. The molecule has 0 unspecified atom stereocenters. The maximum atomic E-state index is 9.90. The highest BCUT2D eigenvalue weighted by atomic mass is 16.5. The second kappa shape index (κ2) is 42.8. The fourth-order valence-electron chi connectivity index (χ4n) is 13.8. The number of para-hydroxylation sites is 1. The molecular formula is C105H94N12O5. The Hall–Kier alpha value is -15.2. The number of phenolic OH excluding ortho intramolecular Hbond substituents is 2. The van der Waals surface area contributed by atoms with Crippen molar-refractivity contribution in [1.82, 2.24) is 54.8 Å². The highest BCUT2D eigenvalue weighted by Crippen LogP contribution is 2.39. The van der Waals surface area contributed by atoms with E-state index in [1.807, 2.05) is 255 Å². The van der Waals surface area contributed by atoms with Crippen molar-refractivity contribution in [2.24, 2.45) is 0 Å². The van der Waals surface area contributed by atoms with Crippen LogP contribution < -0.4 is 19.1 Å².